The summed E-state index contributed by atoms with van der Waals surface area (Å²) in [6, 6.07) is 29.9. The Bertz CT molecular complexity index is 2030. The van der Waals surface area contributed by atoms with Crippen LogP contribution in [0.3, 0.4) is 0 Å². The van der Waals surface area contributed by atoms with Crippen molar-refractivity contribution in [2.24, 2.45) is 0 Å². The molecule has 2 N–H and O–H groups in total. The largest absolute Gasteiger partial charge is 0.471 e. The second-order valence-electron chi connectivity index (χ2n) is 14.0. The van der Waals surface area contributed by atoms with Crippen LogP contribution in [0.1, 0.15) is 56.3 Å². The van der Waals surface area contributed by atoms with Crippen molar-refractivity contribution < 1.29 is 36.7 Å². The molecule has 1 unspecified atom stereocenters. The Morgan fingerprint density at radius 3 is 2.12 bits per heavy atom. The normalized spacial score (nSPS) is 17.8. The maximum Gasteiger partial charge on any atom is 0.471 e. The van der Waals surface area contributed by atoms with Crippen molar-refractivity contribution in [3.8, 4) is 11.8 Å². The first-order chi connectivity index (χ1) is 26.6. The van der Waals surface area contributed by atoms with Gasteiger partial charge in [-0.3, -0.25) is 19.0 Å². The van der Waals surface area contributed by atoms with E-state index in [1.54, 1.807) is 57.2 Å². The van der Waals surface area contributed by atoms with Crippen LogP contribution in [-0.2, 0) is 18.7 Å². The van der Waals surface area contributed by atoms with Crippen LogP contribution in [-0.4, -0.2) is 67.9 Å². The predicted octanol–water partition coefficient (Wildman–Crippen LogP) is 6.74. The fourth-order valence-electron chi connectivity index (χ4n) is 6.66. The molecule has 1 fully saturated rings. The van der Waals surface area contributed by atoms with E-state index in [1.807, 2.05) is 49.6 Å². The van der Waals surface area contributed by atoms with E-state index < -0.39 is 56.8 Å². The van der Waals surface area contributed by atoms with Gasteiger partial charge in [0.05, 0.1) is 30.5 Å². The van der Waals surface area contributed by atoms with Crippen LogP contribution in [0.15, 0.2) is 108 Å². The second-order valence-corrected chi connectivity index (χ2v) is 21.1. The summed E-state index contributed by atoms with van der Waals surface area (Å²) < 4.78 is 60.1. The number of carbonyl (C=O) groups excluding carboxylic acids is 2. The average Bonchev–Trinajstić information content (AvgIpc) is 3.56. The van der Waals surface area contributed by atoms with E-state index in [2.05, 4.69) is 62.2 Å². The van der Waals surface area contributed by atoms with Crippen molar-refractivity contribution in [2.75, 3.05) is 24.7 Å². The van der Waals surface area contributed by atoms with Gasteiger partial charge in [0, 0.05) is 24.2 Å². The van der Waals surface area contributed by atoms with E-state index in [1.165, 1.54) is 16.8 Å². The fraction of sp³-hybridized carbons (Fsp3) is 0.341. The molecule has 1 aliphatic heterocycles. The van der Waals surface area contributed by atoms with Crippen LogP contribution < -0.4 is 26.6 Å². The number of amides is 2. The monoisotopic (exact) mass is 823 g/mol. The Labute approximate surface area is 333 Å². The fourth-order valence-corrected chi connectivity index (χ4v) is 12.6. The van der Waals surface area contributed by atoms with Gasteiger partial charge in [0.2, 0.25) is 0 Å². The summed E-state index contributed by atoms with van der Waals surface area (Å²) >= 11 is 0. The SMILES string of the molecule is CSS[C@@H](C)OC1C[C@H](n2cc(C#CCNC(=O)C(F)(F)F)c(NC(=O)c3ccccc3)cc2=O)O[C@@H]1CO[Si](c1ccccc1)(c1ccccc1)C(C)(C)C. The summed E-state index contributed by atoms with van der Waals surface area (Å²) in [7, 11) is 0.121. The molecule has 0 aliphatic carbocycles. The third-order valence-corrected chi connectivity index (χ3v) is 16.1. The molecule has 1 aliphatic rings. The lowest BCUT2D eigenvalue weighted by molar-refractivity contribution is -0.173. The zero-order valence-corrected chi connectivity index (χ0v) is 34.2. The summed E-state index contributed by atoms with van der Waals surface area (Å²) in [5.41, 5.74) is -0.277. The molecule has 1 aromatic heterocycles. The van der Waals surface area contributed by atoms with Gasteiger partial charge in [0.25, 0.3) is 19.8 Å². The van der Waals surface area contributed by atoms with Gasteiger partial charge >= 0.3 is 12.1 Å². The number of hydrogen-bond donors (Lipinski definition) is 2. The number of carbonyl (C=O) groups is 2. The van der Waals surface area contributed by atoms with Crippen LogP contribution in [0.2, 0.25) is 5.04 Å². The van der Waals surface area contributed by atoms with Crippen LogP contribution in [0.5, 0.6) is 0 Å². The number of hydrogen-bond acceptors (Lipinski definition) is 8. The molecule has 4 atom stereocenters. The number of anilines is 1. The number of ether oxygens (including phenoxy) is 2. The Hall–Kier alpha value is -4.30. The summed E-state index contributed by atoms with van der Waals surface area (Å²) in [5, 5.41) is 6.28. The van der Waals surface area contributed by atoms with Gasteiger partial charge in [-0.05, 0) is 40.7 Å². The van der Waals surface area contributed by atoms with Gasteiger partial charge in [-0.25, -0.2) is 0 Å². The molecule has 2 amide bonds. The molecule has 0 bridgehead atoms. The van der Waals surface area contributed by atoms with Crippen LogP contribution in [0.4, 0.5) is 18.9 Å². The van der Waals surface area contributed by atoms with Gasteiger partial charge < -0.3 is 24.5 Å². The minimum absolute atomic E-state index is 0.0390. The van der Waals surface area contributed by atoms with E-state index in [4.69, 9.17) is 13.9 Å². The Balaban J connectivity index is 1.50. The second kappa shape index (κ2) is 18.8. The molecule has 0 radical (unpaired) electrons. The number of rotatable bonds is 13. The smallest absolute Gasteiger partial charge is 0.405 e. The molecular weight excluding hydrogens is 780 g/mol. The quantitative estimate of drug-likeness (QED) is 0.0662. The van der Waals surface area contributed by atoms with Gasteiger partial charge in [-0.15, -0.1) is 0 Å². The molecule has 5 rings (SSSR count). The first-order valence-corrected chi connectivity index (χ1v) is 22.4. The number of nitrogens with zero attached hydrogens (tertiary/aromatic N) is 1. The molecule has 15 heteroatoms. The number of alkyl halides is 3. The molecule has 2 heterocycles. The predicted molar refractivity (Wildman–Crippen MR) is 219 cm³/mol. The highest BCUT2D eigenvalue weighted by molar-refractivity contribution is 8.76. The van der Waals surface area contributed by atoms with E-state index in [-0.39, 0.29) is 34.8 Å². The highest BCUT2D eigenvalue weighted by Crippen LogP contribution is 2.39. The molecule has 9 nitrogen and oxygen atoms in total. The maximum absolute atomic E-state index is 13.8. The number of benzene rings is 3. The van der Waals surface area contributed by atoms with Crippen molar-refractivity contribution in [3.63, 3.8) is 0 Å². The first-order valence-electron chi connectivity index (χ1n) is 17.9. The topological polar surface area (TPSA) is 108 Å². The summed E-state index contributed by atoms with van der Waals surface area (Å²) in [4.78, 5) is 38.3. The standard InChI is InChI=1S/C41H44F3N3O6S2Si/c1-28(55-54-5)52-34-25-37(53-35(34)27-51-56(40(2,3)4,31-19-11-7-12-20-31)32-21-13-8-14-22-32)47-26-30(18-15-23-45-39(50)41(42,43)44)33(24-36(47)48)46-38(49)29-16-9-6-10-17-29/h6-14,16-17,19-22,24,26,28,34-35,37H,23,25,27H2,1-5H3,(H,45,50)(H,46,49)/t28-,34?,35+,37+/m0/s1. The third kappa shape index (κ3) is 10.4. The molecule has 56 heavy (non-hydrogen) atoms. The number of aromatic nitrogens is 1. The summed E-state index contributed by atoms with van der Waals surface area (Å²) in [6.45, 7) is 7.99. The molecule has 4 aromatic rings. The van der Waals surface area contributed by atoms with Gasteiger partial charge in [0.1, 0.15) is 17.8 Å². The molecule has 0 saturated carbocycles. The number of nitrogens with one attached hydrogen (secondary N) is 2. The van der Waals surface area contributed by atoms with Crippen molar-refractivity contribution in [1.29, 1.82) is 0 Å². The number of pyridine rings is 1. The molecule has 296 valence electrons. The first kappa shape index (κ1) is 42.8. The zero-order chi connectivity index (χ0) is 40.5. The van der Waals surface area contributed by atoms with Gasteiger partial charge in [-0.1, -0.05) is 133 Å². The Kier molecular flexibility index (Phi) is 14.3. The number of halogens is 3. The van der Waals surface area contributed by atoms with Crippen molar-refractivity contribution >= 4 is 57.8 Å². The van der Waals surface area contributed by atoms with Gasteiger partial charge in [0.15, 0.2) is 0 Å². The lowest BCUT2D eigenvalue weighted by atomic mass is 10.1. The molecular formula is C41H44F3N3O6S2Si. The minimum Gasteiger partial charge on any atom is -0.405 e. The highest BCUT2D eigenvalue weighted by atomic mass is 33.1. The van der Waals surface area contributed by atoms with Crippen molar-refractivity contribution in [3.05, 3.63) is 125 Å². The van der Waals surface area contributed by atoms with Crippen LogP contribution in [0, 0.1) is 11.8 Å². The van der Waals surface area contributed by atoms with Gasteiger partial charge in [-0.2, -0.15) is 13.2 Å². The summed E-state index contributed by atoms with van der Waals surface area (Å²) in [5.74, 6) is 2.56. The average molecular weight is 824 g/mol. The minimum atomic E-state index is -5.08. The summed E-state index contributed by atoms with van der Waals surface area (Å²) in [6.07, 6.45) is -3.42. The van der Waals surface area contributed by atoms with Crippen LogP contribution >= 0.6 is 21.6 Å². The van der Waals surface area contributed by atoms with E-state index >= 15 is 0 Å². The molecule has 0 spiro atoms. The molecule has 1 saturated heterocycles. The van der Waals surface area contributed by atoms with Crippen molar-refractivity contribution in [1.82, 2.24) is 9.88 Å². The molecule has 3 aromatic carbocycles. The Morgan fingerprint density at radius 1 is 0.982 bits per heavy atom. The van der Waals surface area contributed by atoms with E-state index in [9.17, 15) is 27.6 Å². The van der Waals surface area contributed by atoms with E-state index in [0.717, 1.165) is 10.4 Å². The van der Waals surface area contributed by atoms with Crippen LogP contribution in [0.25, 0.3) is 0 Å². The lowest BCUT2D eigenvalue weighted by Crippen LogP contribution is -2.67. The Morgan fingerprint density at radius 2 is 1.57 bits per heavy atom. The van der Waals surface area contributed by atoms with Crippen molar-refractivity contribution in [2.45, 2.75) is 69.2 Å². The zero-order valence-electron chi connectivity index (χ0n) is 31.6. The lowest BCUT2D eigenvalue weighted by Gasteiger charge is -2.43. The van der Waals surface area contributed by atoms with E-state index in [0.29, 0.717) is 5.56 Å². The maximum atomic E-state index is 13.8. The third-order valence-electron chi connectivity index (χ3n) is 9.15. The highest BCUT2D eigenvalue weighted by Gasteiger charge is 2.51.